The highest BCUT2D eigenvalue weighted by molar-refractivity contribution is 6.30. The molecule has 4 atom stereocenters. The topological polar surface area (TPSA) is 123 Å². The Balaban J connectivity index is 1.37. The van der Waals surface area contributed by atoms with Crippen LogP contribution in [-0.2, 0) is 16.1 Å². The molecule has 5 rings (SSSR count). The number of nitrogens with one attached hydrogen (secondary N) is 1. The molecule has 3 heterocycles. The van der Waals surface area contributed by atoms with Crippen LogP contribution < -0.4 is 11.1 Å². The van der Waals surface area contributed by atoms with Gasteiger partial charge in [-0.3, -0.25) is 24.0 Å². The van der Waals surface area contributed by atoms with Gasteiger partial charge in [-0.25, -0.2) is 4.39 Å². The van der Waals surface area contributed by atoms with Crippen LogP contribution in [0.2, 0.25) is 5.02 Å². The number of nitrogens with zero attached hydrogens (tertiary/aromatic N) is 4. The summed E-state index contributed by atoms with van der Waals surface area (Å²) in [7, 11) is 0. The summed E-state index contributed by atoms with van der Waals surface area (Å²) in [5.41, 5.74) is 6.98. The zero-order valence-corrected chi connectivity index (χ0v) is 19.9. The van der Waals surface area contributed by atoms with E-state index in [9.17, 15) is 18.8 Å². The number of rotatable bonds is 6. The van der Waals surface area contributed by atoms with Crippen LogP contribution in [-0.4, -0.2) is 49.5 Å². The molecule has 1 saturated carbocycles. The van der Waals surface area contributed by atoms with Crippen molar-refractivity contribution in [1.29, 1.82) is 0 Å². The average Bonchev–Trinajstić information content (AvgIpc) is 3.29. The molecule has 2 fully saturated rings. The van der Waals surface area contributed by atoms with Crippen molar-refractivity contribution in [2.45, 2.75) is 51.4 Å². The van der Waals surface area contributed by atoms with Crippen molar-refractivity contribution in [3.63, 3.8) is 0 Å². The van der Waals surface area contributed by atoms with Gasteiger partial charge in [-0.05, 0) is 44.7 Å². The number of hydrogen-bond acceptors (Lipinski definition) is 5. The van der Waals surface area contributed by atoms with Crippen molar-refractivity contribution in [2.24, 2.45) is 11.7 Å². The van der Waals surface area contributed by atoms with Crippen LogP contribution in [0.1, 0.15) is 47.6 Å². The first kappa shape index (κ1) is 23.2. The summed E-state index contributed by atoms with van der Waals surface area (Å²) in [5.74, 6) is -1.66. The van der Waals surface area contributed by atoms with Crippen molar-refractivity contribution in [2.75, 3.05) is 0 Å². The van der Waals surface area contributed by atoms with Crippen LogP contribution in [0, 0.1) is 18.7 Å². The number of halogens is 2. The molecule has 2 aliphatic rings. The molecular formula is C24H24ClFN6O3. The molecule has 182 valence electrons. The summed E-state index contributed by atoms with van der Waals surface area (Å²) in [5, 5.41) is 7.61. The second-order valence-corrected chi connectivity index (χ2v) is 9.56. The van der Waals surface area contributed by atoms with E-state index in [2.05, 4.69) is 15.4 Å². The van der Waals surface area contributed by atoms with Crippen LogP contribution in [0.15, 0.2) is 30.5 Å². The summed E-state index contributed by atoms with van der Waals surface area (Å²) in [6.07, 6.45) is 2.93. The van der Waals surface area contributed by atoms with Gasteiger partial charge in [0.1, 0.15) is 18.4 Å². The van der Waals surface area contributed by atoms with Crippen molar-refractivity contribution < 1.29 is 18.8 Å². The number of hydrogen-bond donors (Lipinski definition) is 2. The van der Waals surface area contributed by atoms with Gasteiger partial charge in [-0.2, -0.15) is 5.10 Å². The Morgan fingerprint density at radius 2 is 2.06 bits per heavy atom. The lowest BCUT2D eigenvalue weighted by molar-refractivity contribution is -0.140. The van der Waals surface area contributed by atoms with Crippen LogP contribution >= 0.6 is 11.6 Å². The number of carbonyl (C=O) groups excluding carboxylic acids is 3. The first-order valence-electron chi connectivity index (χ1n) is 11.3. The average molecular weight is 499 g/mol. The summed E-state index contributed by atoms with van der Waals surface area (Å²) >= 11 is 5.88. The maximum Gasteiger partial charge on any atom is 0.269 e. The van der Waals surface area contributed by atoms with E-state index in [1.165, 1.54) is 10.7 Å². The summed E-state index contributed by atoms with van der Waals surface area (Å²) in [6, 6.07) is 4.94. The van der Waals surface area contributed by atoms with Crippen molar-refractivity contribution in [3.05, 3.63) is 58.3 Å². The standard InChI is InChI=1S/C24H24ClFN6O3/c1-11(14-4-3-5-16(25)20(14)26)29-24(35)18-9-13-8-17(13)32(18)19(33)10-31-22-12(2)28-7-6-15(22)21(30-31)23(27)34/h3-7,11,13,17-18H,8-10H2,1-2H3,(H2,27,34)(H,29,35)/t11-,13-,17-,18+/m1/s1. The van der Waals surface area contributed by atoms with E-state index in [4.69, 9.17) is 17.3 Å². The van der Waals surface area contributed by atoms with Gasteiger partial charge in [0.2, 0.25) is 11.8 Å². The van der Waals surface area contributed by atoms with E-state index in [1.54, 1.807) is 43.1 Å². The predicted molar refractivity (Wildman–Crippen MR) is 126 cm³/mol. The van der Waals surface area contributed by atoms with Crippen molar-refractivity contribution in [1.82, 2.24) is 25.0 Å². The Morgan fingerprint density at radius 3 is 2.80 bits per heavy atom. The SMILES string of the molecule is Cc1nccc2c(C(N)=O)nn(CC(=O)N3[C@@H]4C[C@@H]4C[C@H]3C(=O)N[C@H](C)c3cccc(Cl)c3F)c12. The third kappa shape index (κ3) is 4.01. The Hall–Kier alpha value is -3.53. The molecule has 11 heteroatoms. The van der Waals surface area contributed by atoms with E-state index in [0.29, 0.717) is 23.0 Å². The molecule has 0 bridgehead atoms. The lowest BCUT2D eigenvalue weighted by Crippen LogP contribution is -2.49. The fourth-order valence-electron chi connectivity index (χ4n) is 5.10. The highest BCUT2D eigenvalue weighted by Gasteiger charge is 2.56. The molecule has 9 nitrogen and oxygen atoms in total. The monoisotopic (exact) mass is 498 g/mol. The fraction of sp³-hybridized carbons (Fsp3) is 0.375. The van der Waals surface area contributed by atoms with Gasteiger partial charge in [-0.1, -0.05) is 23.7 Å². The lowest BCUT2D eigenvalue weighted by atomic mass is 10.1. The smallest absolute Gasteiger partial charge is 0.269 e. The van der Waals surface area contributed by atoms with E-state index in [-0.39, 0.29) is 46.6 Å². The number of benzene rings is 1. The Bertz CT molecular complexity index is 1370. The van der Waals surface area contributed by atoms with Crippen molar-refractivity contribution >= 4 is 40.2 Å². The van der Waals surface area contributed by atoms with E-state index < -0.39 is 23.8 Å². The number of primary amides is 1. The number of carbonyl (C=O) groups is 3. The maximum atomic E-state index is 14.4. The predicted octanol–water partition coefficient (Wildman–Crippen LogP) is 2.50. The second-order valence-electron chi connectivity index (χ2n) is 9.15. The molecule has 35 heavy (non-hydrogen) atoms. The summed E-state index contributed by atoms with van der Waals surface area (Å²) in [6.45, 7) is 3.27. The molecule has 1 aromatic carbocycles. The fourth-order valence-corrected chi connectivity index (χ4v) is 5.28. The van der Waals surface area contributed by atoms with Crippen LogP contribution in [0.4, 0.5) is 4.39 Å². The summed E-state index contributed by atoms with van der Waals surface area (Å²) < 4.78 is 15.8. The molecule has 3 N–H and O–H groups in total. The van der Waals surface area contributed by atoms with Crippen LogP contribution in [0.5, 0.6) is 0 Å². The second kappa shape index (κ2) is 8.60. The first-order valence-corrected chi connectivity index (χ1v) is 11.7. The van der Waals surface area contributed by atoms with Gasteiger partial charge in [0.15, 0.2) is 5.69 Å². The number of piperidine rings is 1. The number of nitrogens with two attached hydrogens (primary N) is 1. The first-order chi connectivity index (χ1) is 16.7. The number of pyridine rings is 1. The minimum Gasteiger partial charge on any atom is -0.364 e. The third-order valence-corrected chi connectivity index (χ3v) is 7.15. The zero-order valence-electron chi connectivity index (χ0n) is 19.2. The molecule has 3 amide bonds. The maximum absolute atomic E-state index is 14.4. The number of aromatic nitrogens is 3. The molecule has 0 unspecified atom stereocenters. The molecule has 0 spiro atoms. The number of fused-ring (bicyclic) bond motifs is 2. The molecule has 1 aliphatic carbocycles. The summed E-state index contributed by atoms with van der Waals surface area (Å²) in [4.78, 5) is 44.3. The van der Waals surface area contributed by atoms with Crippen LogP contribution in [0.3, 0.4) is 0 Å². The zero-order chi connectivity index (χ0) is 25.0. The Morgan fingerprint density at radius 1 is 1.29 bits per heavy atom. The molecule has 1 saturated heterocycles. The quantitative estimate of drug-likeness (QED) is 0.540. The van der Waals surface area contributed by atoms with Gasteiger partial charge in [0, 0.05) is 23.2 Å². The van der Waals surface area contributed by atoms with Gasteiger partial charge >= 0.3 is 0 Å². The molecule has 0 radical (unpaired) electrons. The van der Waals surface area contributed by atoms with Gasteiger partial charge in [0.25, 0.3) is 5.91 Å². The van der Waals surface area contributed by atoms with Gasteiger partial charge < -0.3 is 16.0 Å². The highest BCUT2D eigenvalue weighted by Crippen LogP contribution is 2.48. The highest BCUT2D eigenvalue weighted by atomic mass is 35.5. The minimum atomic E-state index is -0.699. The Kier molecular flexibility index (Phi) is 5.71. The normalized spacial score (nSPS) is 21.6. The number of amides is 3. The Labute approximate surface area is 205 Å². The number of aryl methyl sites for hydroxylation is 1. The van der Waals surface area contributed by atoms with Gasteiger partial charge in [0.05, 0.1) is 22.3 Å². The van der Waals surface area contributed by atoms with Gasteiger partial charge in [-0.15, -0.1) is 0 Å². The number of likely N-dealkylation sites (tertiary alicyclic amines) is 1. The molecule has 2 aromatic heterocycles. The van der Waals surface area contributed by atoms with Crippen molar-refractivity contribution in [3.8, 4) is 0 Å². The molecular weight excluding hydrogens is 475 g/mol. The minimum absolute atomic E-state index is 0.0194. The molecule has 3 aromatic rings. The lowest BCUT2D eigenvalue weighted by Gasteiger charge is -2.28. The van der Waals surface area contributed by atoms with E-state index >= 15 is 0 Å². The largest absolute Gasteiger partial charge is 0.364 e. The van der Waals surface area contributed by atoms with Crippen LogP contribution in [0.25, 0.3) is 10.9 Å². The van der Waals surface area contributed by atoms with E-state index in [1.807, 2.05) is 0 Å². The van der Waals surface area contributed by atoms with E-state index in [0.717, 1.165) is 6.42 Å². The third-order valence-electron chi connectivity index (χ3n) is 6.86. The molecule has 1 aliphatic heterocycles.